The Kier molecular flexibility index (Phi) is 5.01. The lowest BCUT2D eigenvalue weighted by atomic mass is 9.97. The van der Waals surface area contributed by atoms with E-state index in [4.69, 9.17) is 10.5 Å². The van der Waals surface area contributed by atoms with Crippen molar-refractivity contribution in [3.8, 4) is 0 Å². The molecule has 1 aliphatic rings. The lowest BCUT2D eigenvalue weighted by Crippen LogP contribution is -2.50. The van der Waals surface area contributed by atoms with E-state index >= 15 is 0 Å². The number of ether oxygens (including phenoxy) is 1. The van der Waals surface area contributed by atoms with Gasteiger partial charge in [0.25, 0.3) is 0 Å². The summed E-state index contributed by atoms with van der Waals surface area (Å²) in [6, 6.07) is 8.65. The van der Waals surface area contributed by atoms with Crippen LogP contribution in [0.1, 0.15) is 32.4 Å². The summed E-state index contributed by atoms with van der Waals surface area (Å²) < 4.78 is 6.95. The van der Waals surface area contributed by atoms with Gasteiger partial charge in [0.1, 0.15) is 0 Å². The summed E-state index contributed by atoms with van der Waals surface area (Å²) in [5.74, 6) is 0. The Bertz CT molecular complexity index is 414. The van der Waals surface area contributed by atoms with Gasteiger partial charge in [-0.25, -0.2) is 0 Å². The fraction of sp³-hybridized carbons (Fsp3) is 0.600. The molecule has 4 atom stereocenters. The number of rotatable bonds is 3. The highest BCUT2D eigenvalue weighted by atomic mass is 79.9. The van der Waals surface area contributed by atoms with E-state index in [2.05, 4.69) is 59.8 Å². The molecule has 0 amide bonds. The van der Waals surface area contributed by atoms with Crippen LogP contribution in [-0.4, -0.2) is 36.2 Å². The lowest BCUT2D eigenvalue weighted by molar-refractivity contribution is -0.0832. The molecule has 1 aromatic rings. The molecule has 1 heterocycles. The minimum Gasteiger partial charge on any atom is -0.373 e. The van der Waals surface area contributed by atoms with Crippen LogP contribution in [0.3, 0.4) is 0 Å². The van der Waals surface area contributed by atoms with E-state index in [1.165, 1.54) is 5.56 Å². The average molecular weight is 327 g/mol. The predicted octanol–water partition coefficient (Wildman–Crippen LogP) is 2.95. The van der Waals surface area contributed by atoms with E-state index in [1.807, 2.05) is 6.07 Å². The van der Waals surface area contributed by atoms with Crippen LogP contribution in [0.25, 0.3) is 0 Å². The molecule has 0 aromatic heterocycles. The van der Waals surface area contributed by atoms with Crippen molar-refractivity contribution in [1.29, 1.82) is 0 Å². The minimum atomic E-state index is 0.0798. The van der Waals surface area contributed by atoms with Crippen molar-refractivity contribution in [1.82, 2.24) is 4.90 Å². The first-order valence-corrected chi connectivity index (χ1v) is 7.68. The third-order valence-corrected chi connectivity index (χ3v) is 4.29. The topological polar surface area (TPSA) is 38.5 Å². The van der Waals surface area contributed by atoms with Gasteiger partial charge in [-0.05, 0) is 32.4 Å². The van der Waals surface area contributed by atoms with Crippen LogP contribution < -0.4 is 5.73 Å². The number of halogens is 1. The molecule has 3 nitrogen and oxygen atoms in total. The first-order valence-electron chi connectivity index (χ1n) is 6.88. The van der Waals surface area contributed by atoms with Crippen LogP contribution in [0.5, 0.6) is 0 Å². The SMILES string of the molecule is CC1CN(C(c2ccccc2Br)C(C)N)CC(C)O1. The maximum absolute atomic E-state index is 6.26. The Morgan fingerprint density at radius 3 is 2.37 bits per heavy atom. The van der Waals surface area contributed by atoms with Crippen LogP contribution in [0.4, 0.5) is 0 Å². The molecule has 0 bridgehead atoms. The summed E-state index contributed by atoms with van der Waals surface area (Å²) in [5, 5.41) is 0. The summed E-state index contributed by atoms with van der Waals surface area (Å²) in [6.45, 7) is 8.19. The van der Waals surface area contributed by atoms with Gasteiger partial charge in [-0.3, -0.25) is 4.90 Å². The smallest absolute Gasteiger partial charge is 0.0678 e. The standard InChI is InChI=1S/C15H23BrN2O/c1-10-8-18(9-11(2)19-10)15(12(3)17)13-6-4-5-7-14(13)16/h4-7,10-12,15H,8-9,17H2,1-3H3. The summed E-state index contributed by atoms with van der Waals surface area (Å²) in [5.41, 5.74) is 7.52. The molecular formula is C15H23BrN2O. The van der Waals surface area contributed by atoms with Crippen LogP contribution >= 0.6 is 15.9 Å². The van der Waals surface area contributed by atoms with Gasteiger partial charge in [-0.2, -0.15) is 0 Å². The van der Waals surface area contributed by atoms with E-state index in [0.717, 1.165) is 17.6 Å². The van der Waals surface area contributed by atoms with Gasteiger partial charge in [0.2, 0.25) is 0 Å². The van der Waals surface area contributed by atoms with Crippen molar-refractivity contribution in [3.63, 3.8) is 0 Å². The third-order valence-electron chi connectivity index (χ3n) is 3.56. The average Bonchev–Trinajstić information content (AvgIpc) is 2.30. The molecule has 0 aliphatic carbocycles. The monoisotopic (exact) mass is 326 g/mol. The fourth-order valence-corrected chi connectivity index (χ4v) is 3.49. The van der Waals surface area contributed by atoms with E-state index in [1.54, 1.807) is 0 Å². The van der Waals surface area contributed by atoms with Crippen molar-refractivity contribution in [2.45, 2.75) is 45.1 Å². The van der Waals surface area contributed by atoms with Crippen LogP contribution in [-0.2, 0) is 4.74 Å². The first-order chi connectivity index (χ1) is 8.99. The second kappa shape index (κ2) is 6.35. The van der Waals surface area contributed by atoms with Crippen LogP contribution in [0, 0.1) is 0 Å². The van der Waals surface area contributed by atoms with E-state index in [9.17, 15) is 0 Å². The first kappa shape index (κ1) is 15.0. The van der Waals surface area contributed by atoms with Gasteiger partial charge in [0.15, 0.2) is 0 Å². The second-order valence-corrected chi connectivity index (χ2v) is 6.39. The Hall–Kier alpha value is -0.420. The Morgan fingerprint density at radius 1 is 1.26 bits per heavy atom. The van der Waals surface area contributed by atoms with Crippen LogP contribution in [0.2, 0.25) is 0 Å². The van der Waals surface area contributed by atoms with Crippen molar-refractivity contribution < 1.29 is 4.74 Å². The van der Waals surface area contributed by atoms with Crippen molar-refractivity contribution in [2.24, 2.45) is 5.73 Å². The quantitative estimate of drug-likeness (QED) is 0.928. The lowest BCUT2D eigenvalue weighted by Gasteiger charge is -2.42. The van der Waals surface area contributed by atoms with E-state index in [0.29, 0.717) is 0 Å². The number of nitrogens with zero attached hydrogens (tertiary/aromatic N) is 1. The summed E-state index contributed by atoms with van der Waals surface area (Å²) in [7, 11) is 0. The Balaban J connectivity index is 2.28. The molecule has 0 spiro atoms. The number of hydrogen-bond acceptors (Lipinski definition) is 3. The van der Waals surface area contributed by atoms with E-state index in [-0.39, 0.29) is 24.3 Å². The molecule has 2 N–H and O–H groups in total. The van der Waals surface area contributed by atoms with Crippen molar-refractivity contribution in [3.05, 3.63) is 34.3 Å². The Morgan fingerprint density at radius 2 is 1.84 bits per heavy atom. The normalized spacial score (nSPS) is 28.1. The van der Waals surface area contributed by atoms with Gasteiger partial charge in [0, 0.05) is 23.6 Å². The molecule has 4 heteroatoms. The maximum Gasteiger partial charge on any atom is 0.0678 e. The molecule has 4 unspecified atom stereocenters. The highest BCUT2D eigenvalue weighted by molar-refractivity contribution is 9.10. The number of benzene rings is 1. The molecule has 19 heavy (non-hydrogen) atoms. The molecule has 1 saturated heterocycles. The molecule has 106 valence electrons. The molecule has 2 rings (SSSR count). The van der Waals surface area contributed by atoms with Gasteiger partial charge >= 0.3 is 0 Å². The van der Waals surface area contributed by atoms with Crippen molar-refractivity contribution in [2.75, 3.05) is 13.1 Å². The van der Waals surface area contributed by atoms with Gasteiger partial charge < -0.3 is 10.5 Å². The molecule has 1 fully saturated rings. The Labute approximate surface area is 124 Å². The second-order valence-electron chi connectivity index (χ2n) is 5.54. The summed E-state index contributed by atoms with van der Waals surface area (Å²) in [6.07, 6.45) is 0.514. The number of hydrogen-bond donors (Lipinski definition) is 1. The molecule has 0 radical (unpaired) electrons. The zero-order valence-electron chi connectivity index (χ0n) is 11.8. The molecule has 0 saturated carbocycles. The summed E-state index contributed by atoms with van der Waals surface area (Å²) in [4.78, 5) is 2.45. The van der Waals surface area contributed by atoms with Gasteiger partial charge in [-0.1, -0.05) is 34.1 Å². The maximum atomic E-state index is 6.26. The zero-order chi connectivity index (χ0) is 14.0. The third kappa shape index (κ3) is 3.57. The highest BCUT2D eigenvalue weighted by Gasteiger charge is 2.31. The minimum absolute atomic E-state index is 0.0798. The van der Waals surface area contributed by atoms with Crippen molar-refractivity contribution >= 4 is 15.9 Å². The molecular weight excluding hydrogens is 304 g/mol. The largest absolute Gasteiger partial charge is 0.373 e. The molecule has 1 aromatic carbocycles. The zero-order valence-corrected chi connectivity index (χ0v) is 13.4. The van der Waals surface area contributed by atoms with Gasteiger partial charge in [-0.15, -0.1) is 0 Å². The van der Waals surface area contributed by atoms with Crippen LogP contribution in [0.15, 0.2) is 28.7 Å². The van der Waals surface area contributed by atoms with Gasteiger partial charge in [0.05, 0.1) is 18.2 Å². The predicted molar refractivity (Wildman–Crippen MR) is 82.1 cm³/mol. The summed E-state index contributed by atoms with van der Waals surface area (Å²) >= 11 is 3.65. The number of morpholine rings is 1. The number of nitrogens with two attached hydrogens (primary N) is 1. The van der Waals surface area contributed by atoms with E-state index < -0.39 is 0 Å². The highest BCUT2D eigenvalue weighted by Crippen LogP contribution is 2.31. The molecule has 1 aliphatic heterocycles. The fourth-order valence-electron chi connectivity index (χ4n) is 2.97.